The third-order valence-electron chi connectivity index (χ3n) is 2.03. The van der Waals surface area contributed by atoms with Crippen molar-refractivity contribution in [2.24, 2.45) is 10.1 Å². The first-order chi connectivity index (χ1) is 8.19. The number of thioether (sulfide) groups is 1. The van der Waals surface area contributed by atoms with Crippen LogP contribution in [0.3, 0.4) is 0 Å². The summed E-state index contributed by atoms with van der Waals surface area (Å²) in [5.41, 5.74) is 4.38. The number of amides is 1. The second-order valence-electron chi connectivity index (χ2n) is 3.26. The summed E-state index contributed by atoms with van der Waals surface area (Å²) in [7, 11) is 0. The molecule has 0 aliphatic carbocycles. The fourth-order valence-corrected chi connectivity index (χ4v) is 2.25. The summed E-state index contributed by atoms with van der Waals surface area (Å²) in [5.74, 6) is -0.301. The molecule has 0 N–H and O–H groups in total. The van der Waals surface area contributed by atoms with Crippen molar-refractivity contribution in [3.63, 3.8) is 0 Å². The number of carbonyl (C=O) groups excluding carboxylic acids is 1. The molecule has 0 atom stereocenters. The monoisotopic (exact) mass is 310 g/mol. The van der Waals surface area contributed by atoms with Crippen molar-refractivity contribution in [1.29, 1.82) is 0 Å². The molecular formula is C11H9BrN3OS. The Morgan fingerprint density at radius 2 is 2.35 bits per heavy atom. The Morgan fingerprint density at radius 3 is 3.00 bits per heavy atom. The van der Waals surface area contributed by atoms with Crippen molar-refractivity contribution < 1.29 is 4.79 Å². The third kappa shape index (κ3) is 3.17. The van der Waals surface area contributed by atoms with Gasteiger partial charge in [-0.1, -0.05) is 28.9 Å². The molecule has 1 aliphatic rings. The minimum absolute atomic E-state index is 0.301. The number of hydrogen-bond donors (Lipinski definition) is 0. The van der Waals surface area contributed by atoms with Crippen molar-refractivity contribution in [1.82, 2.24) is 5.43 Å². The Labute approximate surface area is 112 Å². The zero-order valence-electron chi connectivity index (χ0n) is 9.05. The van der Waals surface area contributed by atoms with Crippen LogP contribution >= 0.6 is 27.7 Å². The van der Waals surface area contributed by atoms with Gasteiger partial charge >= 0.3 is 0 Å². The van der Waals surface area contributed by atoms with Crippen LogP contribution in [0.2, 0.25) is 0 Å². The molecule has 0 bridgehead atoms. The molecule has 0 saturated carbocycles. The van der Waals surface area contributed by atoms with Crippen molar-refractivity contribution >= 4 is 43.8 Å². The topological polar surface area (TPSA) is 55.9 Å². The Morgan fingerprint density at radius 1 is 1.53 bits per heavy atom. The molecule has 4 nitrogen and oxygen atoms in total. The molecule has 17 heavy (non-hydrogen) atoms. The summed E-state index contributed by atoms with van der Waals surface area (Å²) in [4.78, 5) is 15.7. The summed E-state index contributed by atoms with van der Waals surface area (Å²) in [6, 6.07) is 7.10. The highest BCUT2D eigenvalue weighted by atomic mass is 79.9. The number of halogens is 1. The molecule has 1 aromatic carbocycles. The van der Waals surface area contributed by atoms with Gasteiger partial charge in [0.25, 0.3) is 5.91 Å². The number of amidine groups is 1. The first-order valence-corrected chi connectivity index (χ1v) is 6.64. The largest absolute Gasteiger partial charge is 0.279 e. The van der Waals surface area contributed by atoms with Crippen LogP contribution in [0.15, 0.2) is 38.8 Å². The predicted octanol–water partition coefficient (Wildman–Crippen LogP) is 3.02. The lowest BCUT2D eigenvalue weighted by Gasteiger charge is -1.96. The van der Waals surface area contributed by atoms with Gasteiger partial charge in [-0.05, 0) is 36.4 Å². The predicted molar refractivity (Wildman–Crippen MR) is 73.4 cm³/mol. The van der Waals surface area contributed by atoms with Crippen molar-refractivity contribution in [2.45, 2.75) is 13.3 Å². The molecule has 0 unspecified atom stereocenters. The number of aliphatic imine (C=N–C) groups is 1. The second-order valence-corrected chi connectivity index (χ2v) is 5.22. The summed E-state index contributed by atoms with van der Waals surface area (Å²) < 4.78 is 0.852. The van der Waals surface area contributed by atoms with Gasteiger partial charge in [0.2, 0.25) is 5.17 Å². The van der Waals surface area contributed by atoms with E-state index in [1.807, 2.05) is 13.0 Å². The normalized spacial score (nSPS) is 16.8. The molecule has 1 heterocycles. The van der Waals surface area contributed by atoms with E-state index in [1.165, 1.54) is 11.8 Å². The molecule has 0 aromatic heterocycles. The maximum atomic E-state index is 11.8. The maximum absolute atomic E-state index is 11.8. The smallest absolute Gasteiger partial charge is 0.267 e. The van der Waals surface area contributed by atoms with E-state index in [9.17, 15) is 4.79 Å². The third-order valence-corrected chi connectivity index (χ3v) is 3.48. The number of rotatable bonds is 2. The zero-order valence-corrected chi connectivity index (χ0v) is 11.5. The highest BCUT2D eigenvalue weighted by molar-refractivity contribution is 9.10. The Hall–Kier alpha value is -1.14. The molecule has 0 saturated heterocycles. The van der Waals surface area contributed by atoms with E-state index in [0.717, 1.165) is 15.9 Å². The minimum atomic E-state index is -0.301. The fraction of sp³-hybridized carbons (Fsp3) is 0.182. The fourth-order valence-electron chi connectivity index (χ4n) is 1.21. The van der Waals surface area contributed by atoms with Gasteiger partial charge in [-0.15, -0.1) is 10.5 Å². The average Bonchev–Trinajstić information content (AvgIpc) is 2.77. The Kier molecular flexibility index (Phi) is 3.96. The van der Waals surface area contributed by atoms with Gasteiger partial charge in [0.1, 0.15) is 5.04 Å². The summed E-state index contributed by atoms with van der Waals surface area (Å²) in [6.45, 7) is 1.99. The van der Waals surface area contributed by atoms with Crippen molar-refractivity contribution in [3.05, 3.63) is 34.3 Å². The Bertz CT molecular complexity index is 513. The van der Waals surface area contributed by atoms with Crippen LogP contribution in [0, 0.1) is 0 Å². The minimum Gasteiger partial charge on any atom is -0.267 e. The highest BCUT2D eigenvalue weighted by Gasteiger charge is 2.16. The molecule has 6 heteroatoms. The molecule has 1 aliphatic heterocycles. The van der Waals surface area contributed by atoms with Crippen LogP contribution in [0.4, 0.5) is 0 Å². The number of hydrogen-bond acceptors (Lipinski definition) is 3. The molecule has 1 aromatic rings. The second kappa shape index (κ2) is 5.46. The van der Waals surface area contributed by atoms with Crippen LogP contribution < -0.4 is 5.43 Å². The summed E-state index contributed by atoms with van der Waals surface area (Å²) in [6.07, 6.45) is 0.804. The van der Waals surface area contributed by atoms with Crippen LogP contribution in [-0.4, -0.2) is 16.1 Å². The number of carbonyl (C=O) groups is 1. The molecule has 1 radical (unpaired) electrons. The van der Waals surface area contributed by atoms with Crippen molar-refractivity contribution in [2.75, 3.05) is 0 Å². The van der Waals surface area contributed by atoms with Crippen LogP contribution in [0.25, 0.3) is 0 Å². The van der Waals surface area contributed by atoms with Gasteiger partial charge in [0.15, 0.2) is 0 Å². The Balaban J connectivity index is 2.10. The molecule has 2 rings (SSSR count). The first-order valence-electron chi connectivity index (χ1n) is 5.03. The van der Waals surface area contributed by atoms with Gasteiger partial charge in [0.05, 0.1) is 0 Å². The molecule has 0 spiro atoms. The van der Waals surface area contributed by atoms with E-state index >= 15 is 0 Å². The van der Waals surface area contributed by atoms with E-state index in [1.54, 1.807) is 18.2 Å². The molecule has 87 valence electrons. The van der Waals surface area contributed by atoms with Gasteiger partial charge < -0.3 is 0 Å². The van der Waals surface area contributed by atoms with Crippen molar-refractivity contribution in [3.8, 4) is 0 Å². The van der Waals surface area contributed by atoms with Gasteiger partial charge in [-0.3, -0.25) is 4.79 Å². The SMILES string of the molecule is CCC1=N[N]C(=NC(=O)c2cccc(Br)c2)S1. The van der Waals surface area contributed by atoms with Gasteiger partial charge in [0, 0.05) is 10.0 Å². The van der Waals surface area contributed by atoms with E-state index in [4.69, 9.17) is 0 Å². The standard InChI is InChI=1S/C11H9BrN3OS/c1-2-9-14-15-11(17-9)13-10(16)7-4-3-5-8(12)6-7/h3-6H,2H2,1H3. The summed E-state index contributed by atoms with van der Waals surface area (Å²) >= 11 is 4.65. The van der Waals surface area contributed by atoms with Gasteiger partial charge in [-0.25, -0.2) is 0 Å². The van der Waals surface area contributed by atoms with E-state index in [0.29, 0.717) is 10.7 Å². The lowest BCUT2D eigenvalue weighted by atomic mass is 10.2. The number of benzene rings is 1. The van der Waals surface area contributed by atoms with E-state index in [2.05, 4.69) is 31.4 Å². The molecule has 0 fully saturated rings. The van der Waals surface area contributed by atoms with Crippen LogP contribution in [0.1, 0.15) is 23.7 Å². The molecule has 1 amide bonds. The van der Waals surface area contributed by atoms with Crippen LogP contribution in [-0.2, 0) is 0 Å². The molecular weight excluding hydrogens is 302 g/mol. The van der Waals surface area contributed by atoms with E-state index < -0.39 is 0 Å². The first kappa shape index (κ1) is 12.3. The number of nitrogens with zero attached hydrogens (tertiary/aromatic N) is 3. The average molecular weight is 311 g/mol. The quantitative estimate of drug-likeness (QED) is 0.843. The summed E-state index contributed by atoms with van der Waals surface area (Å²) in [5, 5.41) is 5.20. The van der Waals surface area contributed by atoms with Crippen LogP contribution in [0.5, 0.6) is 0 Å². The maximum Gasteiger partial charge on any atom is 0.279 e. The van der Waals surface area contributed by atoms with Gasteiger partial charge in [-0.2, -0.15) is 4.99 Å². The lowest BCUT2D eigenvalue weighted by molar-refractivity contribution is 0.100. The highest BCUT2D eigenvalue weighted by Crippen LogP contribution is 2.17. The zero-order chi connectivity index (χ0) is 12.3. The lowest BCUT2D eigenvalue weighted by Crippen LogP contribution is -2.05. The van der Waals surface area contributed by atoms with E-state index in [-0.39, 0.29) is 5.91 Å².